The summed E-state index contributed by atoms with van der Waals surface area (Å²) >= 11 is 1.38. The van der Waals surface area contributed by atoms with Crippen molar-refractivity contribution in [3.63, 3.8) is 0 Å². The van der Waals surface area contributed by atoms with Crippen molar-refractivity contribution in [2.75, 3.05) is 32.8 Å². The quantitative estimate of drug-likeness (QED) is 0.757. The van der Waals surface area contributed by atoms with Crippen molar-refractivity contribution in [3.05, 3.63) is 35.9 Å². The number of benzene rings is 2. The molecule has 1 amide bonds. The molecule has 0 saturated carbocycles. The van der Waals surface area contributed by atoms with Crippen LogP contribution in [-0.4, -0.2) is 38.3 Å². The summed E-state index contributed by atoms with van der Waals surface area (Å²) in [5, 5.41) is 3.32. The normalized spacial score (nSPS) is 12.7. The van der Waals surface area contributed by atoms with Crippen LogP contribution in [-0.2, 0) is 0 Å². The number of hydrogen-bond donors (Lipinski definition) is 1. The lowest BCUT2D eigenvalue weighted by Crippen LogP contribution is -2.15. The minimum atomic E-state index is -0.276. The molecule has 4 rings (SSSR count). The molecule has 2 heterocycles. The maximum atomic E-state index is 12.5. The molecule has 1 N–H and O–H groups in total. The van der Waals surface area contributed by atoms with Crippen molar-refractivity contribution < 1.29 is 23.7 Å². The first kappa shape index (κ1) is 16.5. The minimum Gasteiger partial charge on any atom is -0.493 e. The van der Waals surface area contributed by atoms with Crippen LogP contribution in [0.15, 0.2) is 30.3 Å². The SMILES string of the molecule is COc1ccc(C(=O)Nc2nc3cc4c(cc3s2)OCCO4)cc1OC. The van der Waals surface area contributed by atoms with Gasteiger partial charge in [0.25, 0.3) is 5.91 Å². The monoisotopic (exact) mass is 372 g/mol. The summed E-state index contributed by atoms with van der Waals surface area (Å²) in [6.07, 6.45) is 0. The van der Waals surface area contributed by atoms with Gasteiger partial charge in [0.15, 0.2) is 28.1 Å². The summed E-state index contributed by atoms with van der Waals surface area (Å²) in [6, 6.07) is 8.70. The Balaban J connectivity index is 1.59. The van der Waals surface area contributed by atoms with E-state index in [9.17, 15) is 4.79 Å². The molecule has 0 spiro atoms. The Morgan fingerprint density at radius 2 is 1.81 bits per heavy atom. The number of aromatic nitrogens is 1. The second-order valence-corrected chi connectivity index (χ2v) is 6.54. The molecule has 0 unspecified atom stereocenters. The van der Waals surface area contributed by atoms with Crippen molar-refractivity contribution in [2.24, 2.45) is 0 Å². The maximum Gasteiger partial charge on any atom is 0.257 e. The molecule has 26 heavy (non-hydrogen) atoms. The fraction of sp³-hybridized carbons (Fsp3) is 0.222. The molecule has 0 saturated heterocycles. The van der Waals surface area contributed by atoms with Gasteiger partial charge in [0, 0.05) is 17.7 Å². The predicted octanol–water partition coefficient (Wildman–Crippen LogP) is 3.34. The molecule has 134 valence electrons. The van der Waals surface area contributed by atoms with Gasteiger partial charge in [-0.15, -0.1) is 0 Å². The van der Waals surface area contributed by atoms with E-state index in [1.807, 2.05) is 12.1 Å². The van der Waals surface area contributed by atoms with Crippen molar-refractivity contribution in [3.8, 4) is 23.0 Å². The maximum absolute atomic E-state index is 12.5. The Hall–Kier alpha value is -3.00. The Morgan fingerprint density at radius 1 is 1.08 bits per heavy atom. The zero-order valence-corrected chi connectivity index (χ0v) is 15.0. The molecular formula is C18H16N2O5S. The average Bonchev–Trinajstić information content (AvgIpc) is 3.06. The van der Waals surface area contributed by atoms with Crippen LogP contribution in [0, 0.1) is 0 Å². The first-order chi connectivity index (χ1) is 12.7. The van der Waals surface area contributed by atoms with Crippen LogP contribution in [0.5, 0.6) is 23.0 Å². The molecule has 1 aromatic heterocycles. The van der Waals surface area contributed by atoms with E-state index in [4.69, 9.17) is 18.9 Å². The summed E-state index contributed by atoms with van der Waals surface area (Å²) in [6.45, 7) is 1.05. The zero-order valence-electron chi connectivity index (χ0n) is 14.2. The van der Waals surface area contributed by atoms with Gasteiger partial charge in [-0.3, -0.25) is 10.1 Å². The van der Waals surface area contributed by atoms with Crippen LogP contribution in [0.3, 0.4) is 0 Å². The summed E-state index contributed by atoms with van der Waals surface area (Å²) in [5.74, 6) is 2.15. The Bertz CT molecular complexity index is 942. The van der Waals surface area contributed by atoms with E-state index in [-0.39, 0.29) is 5.91 Å². The third-order valence-corrected chi connectivity index (χ3v) is 4.85. The van der Waals surface area contributed by atoms with Crippen molar-refractivity contribution in [2.45, 2.75) is 0 Å². The van der Waals surface area contributed by atoms with Gasteiger partial charge in [-0.1, -0.05) is 11.3 Å². The van der Waals surface area contributed by atoms with Crippen LogP contribution in [0.4, 0.5) is 5.13 Å². The molecular weight excluding hydrogens is 356 g/mol. The van der Waals surface area contributed by atoms with E-state index in [0.717, 1.165) is 10.2 Å². The van der Waals surface area contributed by atoms with Gasteiger partial charge >= 0.3 is 0 Å². The summed E-state index contributed by atoms with van der Waals surface area (Å²) < 4.78 is 22.5. The number of ether oxygens (including phenoxy) is 4. The number of rotatable bonds is 4. The number of nitrogens with one attached hydrogen (secondary N) is 1. The Kier molecular flexibility index (Phi) is 4.26. The van der Waals surface area contributed by atoms with E-state index in [1.165, 1.54) is 18.4 Å². The lowest BCUT2D eigenvalue weighted by Gasteiger charge is -2.17. The lowest BCUT2D eigenvalue weighted by molar-refractivity contribution is 0.102. The van der Waals surface area contributed by atoms with Gasteiger partial charge in [0.05, 0.1) is 24.4 Å². The number of fused-ring (bicyclic) bond motifs is 2. The number of methoxy groups -OCH3 is 2. The highest BCUT2D eigenvalue weighted by Gasteiger charge is 2.17. The molecule has 0 atom stereocenters. The molecule has 1 aliphatic heterocycles. The largest absolute Gasteiger partial charge is 0.493 e. The molecule has 7 nitrogen and oxygen atoms in total. The molecule has 0 radical (unpaired) electrons. The molecule has 1 aliphatic rings. The number of hydrogen-bond acceptors (Lipinski definition) is 7. The van der Waals surface area contributed by atoms with Gasteiger partial charge in [0.2, 0.25) is 0 Å². The molecule has 3 aromatic rings. The van der Waals surface area contributed by atoms with E-state index >= 15 is 0 Å². The minimum absolute atomic E-state index is 0.276. The van der Waals surface area contributed by atoms with E-state index in [0.29, 0.717) is 46.9 Å². The number of anilines is 1. The highest BCUT2D eigenvalue weighted by molar-refractivity contribution is 7.22. The molecule has 2 aromatic carbocycles. The second kappa shape index (κ2) is 6.72. The molecule has 0 bridgehead atoms. The molecule has 0 fully saturated rings. The Labute approximate surface area is 153 Å². The third-order valence-electron chi connectivity index (χ3n) is 3.92. The van der Waals surface area contributed by atoms with Gasteiger partial charge in [-0.05, 0) is 18.2 Å². The van der Waals surface area contributed by atoms with Crippen LogP contribution in [0.1, 0.15) is 10.4 Å². The highest BCUT2D eigenvalue weighted by atomic mass is 32.1. The first-order valence-electron chi connectivity index (χ1n) is 7.91. The molecule has 0 aliphatic carbocycles. The fourth-order valence-corrected chi connectivity index (χ4v) is 3.54. The smallest absolute Gasteiger partial charge is 0.257 e. The van der Waals surface area contributed by atoms with E-state index < -0.39 is 0 Å². The summed E-state index contributed by atoms with van der Waals surface area (Å²) in [7, 11) is 3.07. The van der Waals surface area contributed by atoms with Crippen LogP contribution < -0.4 is 24.3 Å². The molecule has 8 heteroatoms. The first-order valence-corrected chi connectivity index (χ1v) is 8.73. The Morgan fingerprint density at radius 3 is 2.54 bits per heavy atom. The van der Waals surface area contributed by atoms with E-state index in [2.05, 4.69) is 10.3 Å². The highest BCUT2D eigenvalue weighted by Crippen LogP contribution is 2.38. The lowest BCUT2D eigenvalue weighted by atomic mass is 10.2. The average molecular weight is 372 g/mol. The number of thiazole rings is 1. The number of carbonyl (C=O) groups is 1. The third kappa shape index (κ3) is 2.99. The standard InChI is InChI=1S/C18H16N2O5S/c1-22-12-4-3-10(7-13(12)23-2)17(21)20-18-19-11-8-14-15(9-16(11)26-18)25-6-5-24-14/h3-4,7-9H,5-6H2,1-2H3,(H,19,20,21). The van der Waals surface area contributed by atoms with Crippen molar-refractivity contribution in [1.82, 2.24) is 4.98 Å². The van der Waals surface area contributed by atoms with Gasteiger partial charge in [-0.2, -0.15) is 0 Å². The summed E-state index contributed by atoms with van der Waals surface area (Å²) in [4.78, 5) is 17.0. The number of nitrogens with zero attached hydrogens (tertiary/aromatic N) is 1. The number of carbonyl (C=O) groups excluding carboxylic acids is 1. The van der Waals surface area contributed by atoms with Crippen molar-refractivity contribution >= 4 is 32.6 Å². The predicted molar refractivity (Wildman–Crippen MR) is 98.1 cm³/mol. The van der Waals surface area contributed by atoms with Crippen LogP contribution in [0.2, 0.25) is 0 Å². The van der Waals surface area contributed by atoms with Crippen LogP contribution >= 0.6 is 11.3 Å². The number of amides is 1. The van der Waals surface area contributed by atoms with Gasteiger partial charge in [0.1, 0.15) is 13.2 Å². The van der Waals surface area contributed by atoms with Crippen LogP contribution in [0.25, 0.3) is 10.2 Å². The van der Waals surface area contributed by atoms with E-state index in [1.54, 1.807) is 25.3 Å². The van der Waals surface area contributed by atoms with Crippen molar-refractivity contribution in [1.29, 1.82) is 0 Å². The van der Waals surface area contributed by atoms with Gasteiger partial charge in [-0.25, -0.2) is 4.98 Å². The summed E-state index contributed by atoms with van der Waals surface area (Å²) in [5.41, 5.74) is 1.20. The topological polar surface area (TPSA) is 78.9 Å². The second-order valence-electron chi connectivity index (χ2n) is 5.51. The fourth-order valence-electron chi connectivity index (χ4n) is 2.67. The zero-order chi connectivity index (χ0) is 18.1. The van der Waals surface area contributed by atoms with Gasteiger partial charge < -0.3 is 18.9 Å².